The Labute approximate surface area is 185 Å². The van der Waals surface area contributed by atoms with Crippen LogP contribution in [0, 0.1) is 22.6 Å². The number of nitrogens with two attached hydrogens (primary N) is 1. The molecular formula is C22H17F4N5O2. The topological polar surface area (TPSA) is 123 Å². The highest BCUT2D eigenvalue weighted by Crippen LogP contribution is 2.38. The predicted octanol–water partition coefficient (Wildman–Crippen LogP) is 3.30. The third-order valence-electron chi connectivity index (χ3n) is 5.07. The Morgan fingerprint density at radius 1 is 1.27 bits per heavy atom. The zero-order valence-corrected chi connectivity index (χ0v) is 16.9. The van der Waals surface area contributed by atoms with Crippen LogP contribution in [0.4, 0.5) is 23.2 Å². The number of anilines is 1. The average molecular weight is 459 g/mol. The van der Waals surface area contributed by atoms with Gasteiger partial charge in [-0.15, -0.1) is 0 Å². The van der Waals surface area contributed by atoms with Crippen LogP contribution in [0.3, 0.4) is 0 Å². The molecule has 1 aliphatic rings. The first-order valence-electron chi connectivity index (χ1n) is 9.50. The Balaban J connectivity index is 2.16. The van der Waals surface area contributed by atoms with Gasteiger partial charge in [-0.2, -0.15) is 18.4 Å². The average Bonchev–Trinajstić information content (AvgIpc) is 2.75. The lowest BCUT2D eigenvalue weighted by molar-refractivity contribution is -0.146. The zero-order chi connectivity index (χ0) is 24.3. The van der Waals surface area contributed by atoms with Gasteiger partial charge in [0.15, 0.2) is 0 Å². The lowest BCUT2D eigenvalue weighted by Gasteiger charge is -2.42. The number of fused-ring (bicyclic) bond motifs is 1. The van der Waals surface area contributed by atoms with E-state index in [0.717, 1.165) is 18.3 Å². The summed E-state index contributed by atoms with van der Waals surface area (Å²) < 4.78 is 53.9. The second-order valence-corrected chi connectivity index (χ2v) is 7.20. The summed E-state index contributed by atoms with van der Waals surface area (Å²) in [5, 5.41) is 19.0. The van der Waals surface area contributed by atoms with E-state index in [1.165, 1.54) is 30.3 Å². The number of carbonyl (C=O) groups is 2. The van der Waals surface area contributed by atoms with E-state index in [9.17, 15) is 27.2 Å². The fourth-order valence-corrected chi connectivity index (χ4v) is 3.79. The largest absolute Gasteiger partial charge is 0.406 e. The molecule has 0 aliphatic carbocycles. The lowest BCUT2D eigenvalue weighted by atomic mass is 9.79. The van der Waals surface area contributed by atoms with E-state index in [0.29, 0.717) is 11.1 Å². The number of hydrogen-bond donors (Lipinski definition) is 3. The molecule has 2 atom stereocenters. The van der Waals surface area contributed by atoms with E-state index in [4.69, 9.17) is 16.4 Å². The van der Waals surface area contributed by atoms with Crippen molar-refractivity contribution in [2.45, 2.75) is 18.1 Å². The molecule has 0 saturated carbocycles. The van der Waals surface area contributed by atoms with Crippen LogP contribution in [0.15, 0.2) is 54.2 Å². The van der Waals surface area contributed by atoms with Crippen LogP contribution in [-0.2, 0) is 4.79 Å². The minimum absolute atomic E-state index is 0.0817. The monoisotopic (exact) mass is 459 g/mol. The van der Waals surface area contributed by atoms with E-state index in [-0.39, 0.29) is 28.0 Å². The number of halogens is 4. The number of benzene rings is 2. The van der Waals surface area contributed by atoms with E-state index in [1.54, 1.807) is 6.07 Å². The molecule has 0 spiro atoms. The fourth-order valence-electron chi connectivity index (χ4n) is 3.79. The first-order chi connectivity index (χ1) is 15.6. The number of rotatable bonds is 5. The molecule has 7 nitrogen and oxygen atoms in total. The third-order valence-corrected chi connectivity index (χ3v) is 5.07. The Kier molecular flexibility index (Phi) is 6.48. The molecule has 0 saturated heterocycles. The first kappa shape index (κ1) is 23.5. The number of alkyl halides is 3. The van der Waals surface area contributed by atoms with E-state index < -0.39 is 42.3 Å². The highest BCUT2D eigenvalue weighted by atomic mass is 19.4. The maximum Gasteiger partial charge on any atom is 0.406 e. The van der Waals surface area contributed by atoms with Gasteiger partial charge in [0, 0.05) is 29.2 Å². The lowest BCUT2D eigenvalue weighted by Crippen LogP contribution is -2.55. The predicted molar refractivity (Wildman–Crippen MR) is 111 cm³/mol. The maximum atomic E-state index is 13.8. The summed E-state index contributed by atoms with van der Waals surface area (Å²) in [6.07, 6.45) is -3.27. The summed E-state index contributed by atoms with van der Waals surface area (Å²) in [5.41, 5.74) is 5.17. The van der Waals surface area contributed by atoms with E-state index in [2.05, 4.69) is 5.32 Å². The highest BCUT2D eigenvalue weighted by molar-refractivity contribution is 6.06. The van der Waals surface area contributed by atoms with Crippen molar-refractivity contribution in [2.24, 2.45) is 5.73 Å². The molecule has 0 aromatic heterocycles. The van der Waals surface area contributed by atoms with Crippen molar-refractivity contribution >= 4 is 23.7 Å². The van der Waals surface area contributed by atoms with E-state index in [1.807, 2.05) is 0 Å². The smallest absolute Gasteiger partial charge is 0.404 e. The van der Waals surface area contributed by atoms with Crippen molar-refractivity contribution in [1.29, 1.82) is 10.7 Å². The van der Waals surface area contributed by atoms with Crippen molar-refractivity contribution in [1.82, 2.24) is 4.90 Å². The molecule has 33 heavy (non-hydrogen) atoms. The van der Waals surface area contributed by atoms with Gasteiger partial charge in [0.1, 0.15) is 12.4 Å². The summed E-state index contributed by atoms with van der Waals surface area (Å²) in [5.74, 6) is -4.06. The van der Waals surface area contributed by atoms with Crippen molar-refractivity contribution in [3.05, 3.63) is 76.7 Å². The Morgan fingerprint density at radius 2 is 1.97 bits per heavy atom. The molecule has 1 heterocycles. The van der Waals surface area contributed by atoms with Gasteiger partial charge in [0.2, 0.25) is 5.91 Å². The van der Waals surface area contributed by atoms with Gasteiger partial charge in [0.05, 0.1) is 23.6 Å². The molecule has 0 unspecified atom stereocenters. The van der Waals surface area contributed by atoms with Crippen molar-refractivity contribution in [3.63, 3.8) is 0 Å². The van der Waals surface area contributed by atoms with Gasteiger partial charge >= 0.3 is 6.18 Å². The Morgan fingerprint density at radius 3 is 2.58 bits per heavy atom. The minimum Gasteiger partial charge on any atom is -0.404 e. The van der Waals surface area contributed by atoms with Crippen molar-refractivity contribution < 1.29 is 27.2 Å². The molecule has 0 radical (unpaired) electrons. The van der Waals surface area contributed by atoms with Crippen LogP contribution < -0.4 is 11.1 Å². The number of hydrogen-bond acceptors (Lipinski definition) is 5. The molecule has 4 N–H and O–H groups in total. The van der Waals surface area contributed by atoms with E-state index >= 15 is 0 Å². The zero-order valence-electron chi connectivity index (χ0n) is 16.9. The molecule has 1 aliphatic heterocycles. The molecular weight excluding hydrogens is 442 g/mol. The molecule has 170 valence electrons. The SMILES string of the molecule is N#Cc1cc(F)cc(NC(=O)[C@@H]2c3ccccc3C(=O)N(CC(F)(F)F)[C@H]2/C(C=N)=C/N)c1. The minimum atomic E-state index is -4.80. The summed E-state index contributed by atoms with van der Waals surface area (Å²) >= 11 is 0. The van der Waals surface area contributed by atoms with Gasteiger partial charge in [-0.3, -0.25) is 9.59 Å². The standard InChI is InChI=1S/C22H17F4N5O2/c23-14-5-12(8-27)6-15(7-14)30-20(32)18-16-3-1-2-4-17(16)21(33)31(11-22(24,25)26)19(18)13(9-28)10-29/h1-7,9-10,18-19,28H,11,29H2,(H,30,32)/b13-10+,28-9?/t18-,19+/m1/s1. The molecule has 0 fully saturated rings. The third kappa shape index (κ3) is 4.85. The van der Waals surface area contributed by atoms with Crippen LogP contribution in [0.1, 0.15) is 27.4 Å². The fraction of sp³-hybridized carbons (Fsp3) is 0.182. The van der Waals surface area contributed by atoms with Crippen molar-refractivity contribution in [3.8, 4) is 6.07 Å². The van der Waals surface area contributed by atoms with Gasteiger partial charge in [0.25, 0.3) is 5.91 Å². The summed E-state index contributed by atoms with van der Waals surface area (Å²) in [4.78, 5) is 26.7. The van der Waals surface area contributed by atoms with Crippen LogP contribution in [0.2, 0.25) is 0 Å². The first-order valence-corrected chi connectivity index (χ1v) is 9.50. The molecule has 2 amide bonds. The molecule has 2 aromatic carbocycles. The number of nitrogens with one attached hydrogen (secondary N) is 2. The van der Waals surface area contributed by atoms with Crippen LogP contribution in [-0.4, -0.2) is 41.7 Å². The second kappa shape index (κ2) is 9.12. The number of nitriles is 1. The van der Waals surface area contributed by atoms with Crippen LogP contribution in [0.5, 0.6) is 0 Å². The Hall–Kier alpha value is -4.20. The second-order valence-electron chi connectivity index (χ2n) is 7.20. The summed E-state index contributed by atoms with van der Waals surface area (Å²) in [6, 6.07) is 8.93. The normalized spacial score (nSPS) is 18.3. The number of carbonyl (C=O) groups excluding carboxylic acids is 2. The van der Waals surface area contributed by atoms with Crippen LogP contribution >= 0.6 is 0 Å². The molecule has 2 aromatic rings. The highest BCUT2D eigenvalue weighted by Gasteiger charge is 2.48. The molecule has 0 bridgehead atoms. The number of amides is 2. The van der Waals surface area contributed by atoms with Gasteiger partial charge in [-0.25, -0.2) is 4.39 Å². The van der Waals surface area contributed by atoms with Gasteiger partial charge < -0.3 is 21.4 Å². The summed E-state index contributed by atoms with van der Waals surface area (Å²) in [7, 11) is 0. The quantitative estimate of drug-likeness (QED) is 0.469. The number of nitrogens with zero attached hydrogens (tertiary/aromatic N) is 2. The maximum absolute atomic E-state index is 13.8. The summed E-state index contributed by atoms with van der Waals surface area (Å²) in [6.45, 7) is -1.68. The molecule has 11 heteroatoms. The van der Waals surface area contributed by atoms with Gasteiger partial charge in [-0.1, -0.05) is 18.2 Å². The Bertz CT molecular complexity index is 1190. The molecule has 3 rings (SSSR count). The van der Waals surface area contributed by atoms with Crippen molar-refractivity contribution in [2.75, 3.05) is 11.9 Å². The van der Waals surface area contributed by atoms with Gasteiger partial charge in [-0.05, 0) is 29.8 Å². The van der Waals surface area contributed by atoms with Crippen LogP contribution in [0.25, 0.3) is 0 Å².